The Kier molecular flexibility index (Phi) is 4.23. The van der Waals surface area contributed by atoms with Gasteiger partial charge in [0, 0.05) is 6.04 Å². The predicted octanol–water partition coefficient (Wildman–Crippen LogP) is 4.59. The van der Waals surface area contributed by atoms with Crippen molar-refractivity contribution in [2.45, 2.75) is 26.8 Å². The van der Waals surface area contributed by atoms with Crippen LogP contribution in [0.25, 0.3) is 0 Å². The average molecular weight is 250 g/mol. The summed E-state index contributed by atoms with van der Waals surface area (Å²) < 4.78 is 12.9. The van der Waals surface area contributed by atoms with Gasteiger partial charge in [0.15, 0.2) is 0 Å². The van der Waals surface area contributed by atoms with E-state index in [0.29, 0.717) is 21.7 Å². The summed E-state index contributed by atoms with van der Waals surface area (Å²) in [6.45, 7) is 6.20. The van der Waals surface area contributed by atoms with Crippen molar-refractivity contribution >= 4 is 28.9 Å². The van der Waals surface area contributed by atoms with Crippen molar-refractivity contribution in [1.82, 2.24) is 0 Å². The molecule has 1 unspecified atom stereocenters. The van der Waals surface area contributed by atoms with Crippen LogP contribution in [0.3, 0.4) is 0 Å². The zero-order chi connectivity index (χ0) is 11.6. The van der Waals surface area contributed by atoms with Gasteiger partial charge in [0.05, 0.1) is 15.7 Å². The molecule has 1 atom stereocenters. The van der Waals surface area contributed by atoms with E-state index < -0.39 is 5.82 Å². The SMILES string of the molecule is CC(C)C(C)Nc1c(Cl)cc(F)cc1Cl. The number of nitrogens with one attached hydrogen (secondary N) is 1. The van der Waals surface area contributed by atoms with Gasteiger partial charge in [-0.05, 0) is 25.0 Å². The van der Waals surface area contributed by atoms with Crippen LogP contribution < -0.4 is 5.32 Å². The van der Waals surface area contributed by atoms with Crippen LogP contribution in [0.1, 0.15) is 20.8 Å². The number of benzene rings is 1. The van der Waals surface area contributed by atoms with E-state index >= 15 is 0 Å². The summed E-state index contributed by atoms with van der Waals surface area (Å²) in [5.41, 5.74) is 0.598. The maximum absolute atomic E-state index is 12.9. The second kappa shape index (κ2) is 5.04. The van der Waals surface area contributed by atoms with Crippen LogP contribution in [0.4, 0.5) is 10.1 Å². The molecule has 0 fully saturated rings. The van der Waals surface area contributed by atoms with Gasteiger partial charge in [-0.1, -0.05) is 37.0 Å². The van der Waals surface area contributed by atoms with Gasteiger partial charge in [0.25, 0.3) is 0 Å². The maximum Gasteiger partial charge on any atom is 0.126 e. The van der Waals surface area contributed by atoms with Crippen molar-refractivity contribution in [2.75, 3.05) is 5.32 Å². The van der Waals surface area contributed by atoms with Crippen molar-refractivity contribution in [3.63, 3.8) is 0 Å². The Labute approximate surface area is 99.6 Å². The minimum absolute atomic E-state index is 0.227. The topological polar surface area (TPSA) is 12.0 Å². The van der Waals surface area contributed by atoms with Crippen LogP contribution in [0.5, 0.6) is 0 Å². The van der Waals surface area contributed by atoms with Gasteiger partial charge in [0.2, 0.25) is 0 Å². The molecular formula is C11H14Cl2FN. The monoisotopic (exact) mass is 249 g/mol. The first-order valence-electron chi connectivity index (χ1n) is 4.83. The third kappa shape index (κ3) is 3.25. The van der Waals surface area contributed by atoms with Gasteiger partial charge in [-0.3, -0.25) is 0 Å². The predicted molar refractivity (Wildman–Crippen MR) is 64.3 cm³/mol. The Hall–Kier alpha value is -0.470. The molecule has 1 nitrogen and oxygen atoms in total. The van der Waals surface area contributed by atoms with Crippen molar-refractivity contribution in [3.05, 3.63) is 28.0 Å². The molecule has 84 valence electrons. The van der Waals surface area contributed by atoms with E-state index in [-0.39, 0.29) is 6.04 Å². The number of hydrogen-bond donors (Lipinski definition) is 1. The third-order valence-corrected chi connectivity index (χ3v) is 2.98. The lowest BCUT2D eigenvalue weighted by Crippen LogP contribution is -2.21. The summed E-state index contributed by atoms with van der Waals surface area (Å²) in [5, 5.41) is 3.80. The highest BCUT2D eigenvalue weighted by molar-refractivity contribution is 6.39. The van der Waals surface area contributed by atoms with Crippen LogP contribution in [0.2, 0.25) is 10.0 Å². The van der Waals surface area contributed by atoms with Crippen molar-refractivity contribution in [1.29, 1.82) is 0 Å². The minimum Gasteiger partial charge on any atom is -0.380 e. The smallest absolute Gasteiger partial charge is 0.126 e. The highest BCUT2D eigenvalue weighted by atomic mass is 35.5. The highest BCUT2D eigenvalue weighted by Crippen LogP contribution is 2.32. The molecule has 15 heavy (non-hydrogen) atoms. The first kappa shape index (κ1) is 12.6. The lowest BCUT2D eigenvalue weighted by atomic mass is 10.1. The molecular weight excluding hydrogens is 236 g/mol. The second-order valence-electron chi connectivity index (χ2n) is 3.92. The Morgan fingerprint density at radius 1 is 1.13 bits per heavy atom. The Morgan fingerprint density at radius 2 is 1.60 bits per heavy atom. The summed E-state index contributed by atoms with van der Waals surface area (Å²) in [6, 6.07) is 2.73. The molecule has 4 heteroatoms. The quantitative estimate of drug-likeness (QED) is 0.827. The van der Waals surface area contributed by atoms with Gasteiger partial charge >= 0.3 is 0 Å². The largest absolute Gasteiger partial charge is 0.380 e. The Balaban J connectivity index is 2.95. The van der Waals surface area contributed by atoms with Crippen molar-refractivity contribution < 1.29 is 4.39 Å². The second-order valence-corrected chi connectivity index (χ2v) is 4.74. The molecule has 0 saturated heterocycles. The fourth-order valence-corrected chi connectivity index (χ4v) is 1.64. The molecule has 0 radical (unpaired) electrons. The Bertz CT molecular complexity index is 329. The molecule has 0 spiro atoms. The molecule has 1 N–H and O–H groups in total. The zero-order valence-corrected chi connectivity index (χ0v) is 10.5. The molecule has 0 bridgehead atoms. The van der Waals surface area contributed by atoms with E-state index in [9.17, 15) is 4.39 Å². The van der Waals surface area contributed by atoms with Crippen LogP contribution >= 0.6 is 23.2 Å². The standard InChI is InChI=1S/C11H14Cl2FN/c1-6(2)7(3)15-11-9(12)4-8(14)5-10(11)13/h4-7,15H,1-3H3. The van der Waals surface area contributed by atoms with Crippen molar-refractivity contribution in [3.8, 4) is 0 Å². The summed E-state index contributed by atoms with van der Waals surface area (Å²) in [6.07, 6.45) is 0. The number of hydrogen-bond acceptors (Lipinski definition) is 1. The van der Waals surface area contributed by atoms with E-state index in [1.807, 2.05) is 6.92 Å². The van der Waals surface area contributed by atoms with Gasteiger partial charge in [-0.15, -0.1) is 0 Å². The van der Waals surface area contributed by atoms with Crippen LogP contribution in [0.15, 0.2) is 12.1 Å². The fraction of sp³-hybridized carbons (Fsp3) is 0.455. The molecule has 0 aromatic heterocycles. The van der Waals surface area contributed by atoms with Crippen LogP contribution in [0, 0.1) is 11.7 Å². The van der Waals surface area contributed by atoms with E-state index in [2.05, 4.69) is 19.2 Å². The molecule has 0 aliphatic carbocycles. The number of anilines is 1. The summed E-state index contributed by atoms with van der Waals surface area (Å²) in [7, 11) is 0. The van der Waals surface area contributed by atoms with E-state index in [0.717, 1.165) is 0 Å². The molecule has 0 aliphatic rings. The average Bonchev–Trinajstić information content (AvgIpc) is 2.10. The van der Waals surface area contributed by atoms with Crippen LogP contribution in [-0.4, -0.2) is 6.04 Å². The van der Waals surface area contributed by atoms with E-state index in [1.165, 1.54) is 12.1 Å². The maximum atomic E-state index is 12.9. The number of rotatable bonds is 3. The highest BCUT2D eigenvalue weighted by Gasteiger charge is 2.13. The van der Waals surface area contributed by atoms with Gasteiger partial charge < -0.3 is 5.32 Å². The lowest BCUT2D eigenvalue weighted by Gasteiger charge is -2.20. The molecule has 1 rings (SSSR count). The Morgan fingerprint density at radius 3 is 2.00 bits per heavy atom. The summed E-state index contributed by atoms with van der Waals surface area (Å²) in [4.78, 5) is 0. The third-order valence-electron chi connectivity index (χ3n) is 2.38. The first-order valence-corrected chi connectivity index (χ1v) is 5.58. The summed E-state index contributed by atoms with van der Waals surface area (Å²) >= 11 is 11.8. The van der Waals surface area contributed by atoms with Crippen molar-refractivity contribution in [2.24, 2.45) is 5.92 Å². The molecule has 1 aromatic rings. The van der Waals surface area contributed by atoms with Gasteiger partial charge in [0.1, 0.15) is 5.82 Å². The number of halogens is 3. The fourth-order valence-electron chi connectivity index (χ4n) is 1.07. The van der Waals surface area contributed by atoms with Gasteiger partial charge in [-0.25, -0.2) is 4.39 Å². The van der Waals surface area contributed by atoms with Crippen LogP contribution in [-0.2, 0) is 0 Å². The van der Waals surface area contributed by atoms with E-state index in [1.54, 1.807) is 0 Å². The molecule has 1 aromatic carbocycles. The molecule has 0 amide bonds. The van der Waals surface area contributed by atoms with Gasteiger partial charge in [-0.2, -0.15) is 0 Å². The molecule has 0 aliphatic heterocycles. The van der Waals surface area contributed by atoms with E-state index in [4.69, 9.17) is 23.2 Å². The molecule has 0 heterocycles. The minimum atomic E-state index is -0.423. The lowest BCUT2D eigenvalue weighted by molar-refractivity contribution is 0.560. The first-order chi connectivity index (χ1) is 6.91. The normalized spacial score (nSPS) is 13.0. The summed E-state index contributed by atoms with van der Waals surface area (Å²) in [5.74, 6) is 0.0231. The molecule has 0 saturated carbocycles. The zero-order valence-electron chi connectivity index (χ0n) is 8.94.